The fraction of sp³-hybridized carbons (Fsp3) is 0.304. The van der Waals surface area contributed by atoms with Gasteiger partial charge in [-0.25, -0.2) is 9.37 Å². The Labute approximate surface area is 179 Å². The Morgan fingerprint density at radius 3 is 2.87 bits per heavy atom. The highest BCUT2D eigenvalue weighted by molar-refractivity contribution is 7.09. The molecular formula is C23H24FN3O2S. The van der Waals surface area contributed by atoms with Crippen LogP contribution in [0.25, 0.3) is 0 Å². The first kappa shape index (κ1) is 20.5. The van der Waals surface area contributed by atoms with Crippen LogP contribution in [0.3, 0.4) is 0 Å². The number of para-hydroxylation sites is 1. The smallest absolute Gasteiger partial charge is 0.221 e. The van der Waals surface area contributed by atoms with E-state index in [9.17, 15) is 9.18 Å². The van der Waals surface area contributed by atoms with Gasteiger partial charge in [0.1, 0.15) is 17.7 Å². The van der Waals surface area contributed by atoms with Crippen LogP contribution in [0.2, 0.25) is 0 Å². The molecule has 1 N–H and O–H groups in total. The van der Waals surface area contributed by atoms with E-state index in [2.05, 4.69) is 15.2 Å². The second kappa shape index (κ2) is 9.36. The van der Waals surface area contributed by atoms with E-state index in [1.807, 2.05) is 42.6 Å². The molecule has 0 unspecified atom stereocenters. The lowest BCUT2D eigenvalue weighted by molar-refractivity contribution is -0.121. The molecule has 1 amide bonds. The molecule has 30 heavy (non-hydrogen) atoms. The summed E-state index contributed by atoms with van der Waals surface area (Å²) in [6.07, 6.45) is -0.0779. The molecule has 2 aromatic carbocycles. The summed E-state index contributed by atoms with van der Waals surface area (Å²) in [6, 6.07) is 14.5. The molecule has 0 spiro atoms. The van der Waals surface area contributed by atoms with Crippen molar-refractivity contribution >= 4 is 17.2 Å². The molecule has 5 nitrogen and oxygen atoms in total. The molecule has 0 bridgehead atoms. The van der Waals surface area contributed by atoms with E-state index in [1.165, 1.54) is 6.07 Å². The van der Waals surface area contributed by atoms with Gasteiger partial charge in [-0.3, -0.25) is 9.69 Å². The van der Waals surface area contributed by atoms with Crippen LogP contribution in [0.1, 0.15) is 34.4 Å². The third kappa shape index (κ3) is 5.04. The van der Waals surface area contributed by atoms with Crippen molar-refractivity contribution in [3.8, 4) is 5.75 Å². The number of nitrogens with zero attached hydrogens (tertiary/aromatic N) is 2. The largest absolute Gasteiger partial charge is 0.484 e. The van der Waals surface area contributed by atoms with Crippen molar-refractivity contribution in [3.63, 3.8) is 0 Å². The Balaban J connectivity index is 1.42. The summed E-state index contributed by atoms with van der Waals surface area (Å²) in [5, 5.41) is 5.87. The number of thiazole rings is 1. The average molecular weight is 426 g/mol. The van der Waals surface area contributed by atoms with Crippen molar-refractivity contribution in [1.82, 2.24) is 15.2 Å². The SMILES string of the molecule is Cc1nc(CNC(=O)CCN2Cc3ccccc3O[C@@H](c3ccccc3F)C2)cs1. The Kier molecular flexibility index (Phi) is 6.40. The lowest BCUT2D eigenvalue weighted by atomic mass is 10.1. The highest BCUT2D eigenvalue weighted by atomic mass is 32.1. The average Bonchev–Trinajstić information content (AvgIpc) is 3.07. The summed E-state index contributed by atoms with van der Waals surface area (Å²) in [6.45, 7) is 4.10. The van der Waals surface area contributed by atoms with Crippen LogP contribution in [0.5, 0.6) is 5.75 Å². The highest BCUT2D eigenvalue weighted by Crippen LogP contribution is 2.32. The van der Waals surface area contributed by atoms with Gasteiger partial charge in [-0.05, 0) is 19.1 Å². The van der Waals surface area contributed by atoms with E-state index >= 15 is 0 Å². The zero-order valence-corrected chi connectivity index (χ0v) is 17.6. The molecule has 7 heteroatoms. The molecule has 2 heterocycles. The van der Waals surface area contributed by atoms with Gasteiger partial charge >= 0.3 is 0 Å². The van der Waals surface area contributed by atoms with E-state index in [0.717, 1.165) is 22.0 Å². The minimum absolute atomic E-state index is 0.0263. The maximum absolute atomic E-state index is 14.4. The van der Waals surface area contributed by atoms with Crippen molar-refractivity contribution in [1.29, 1.82) is 0 Å². The fourth-order valence-electron chi connectivity index (χ4n) is 3.57. The van der Waals surface area contributed by atoms with Crippen LogP contribution in [-0.2, 0) is 17.9 Å². The lowest BCUT2D eigenvalue weighted by Gasteiger charge is -2.24. The second-order valence-corrected chi connectivity index (χ2v) is 8.42. The number of halogens is 1. The standard InChI is InChI=1S/C23H24FN3O2S/c1-16-26-18(15-30-16)12-25-23(28)10-11-27-13-17-6-2-5-9-21(17)29-22(14-27)19-7-3-4-8-20(19)24/h2-9,15,22H,10-14H2,1H3,(H,25,28)/t22-/m1/s1. The zero-order valence-electron chi connectivity index (χ0n) is 16.8. The molecule has 1 aromatic heterocycles. The number of amides is 1. The molecule has 4 rings (SSSR count). The van der Waals surface area contributed by atoms with E-state index in [4.69, 9.17) is 4.74 Å². The fourth-order valence-corrected chi connectivity index (χ4v) is 4.19. The second-order valence-electron chi connectivity index (χ2n) is 7.36. The summed E-state index contributed by atoms with van der Waals surface area (Å²) < 4.78 is 20.6. The third-order valence-electron chi connectivity index (χ3n) is 5.10. The number of nitrogens with one attached hydrogen (secondary N) is 1. The molecule has 0 radical (unpaired) electrons. The molecule has 1 atom stereocenters. The van der Waals surface area contributed by atoms with Gasteiger partial charge in [0.05, 0.1) is 17.2 Å². The summed E-state index contributed by atoms with van der Waals surface area (Å²) in [7, 11) is 0. The van der Waals surface area contributed by atoms with Crippen LogP contribution in [0.4, 0.5) is 4.39 Å². The number of fused-ring (bicyclic) bond motifs is 1. The van der Waals surface area contributed by atoms with Crippen LogP contribution >= 0.6 is 11.3 Å². The first-order valence-corrected chi connectivity index (χ1v) is 10.9. The Morgan fingerprint density at radius 1 is 1.27 bits per heavy atom. The van der Waals surface area contributed by atoms with Gasteiger partial charge in [-0.1, -0.05) is 36.4 Å². The number of aryl methyl sites for hydroxylation is 1. The molecule has 1 aliphatic heterocycles. The van der Waals surface area contributed by atoms with Crippen molar-refractivity contribution in [2.24, 2.45) is 0 Å². The topological polar surface area (TPSA) is 54.5 Å². The number of hydrogen-bond donors (Lipinski definition) is 1. The van der Waals surface area contributed by atoms with Crippen molar-refractivity contribution in [3.05, 3.63) is 81.6 Å². The van der Waals surface area contributed by atoms with Crippen molar-refractivity contribution in [2.75, 3.05) is 13.1 Å². The Morgan fingerprint density at radius 2 is 2.07 bits per heavy atom. The monoisotopic (exact) mass is 425 g/mol. The number of benzene rings is 2. The van der Waals surface area contributed by atoms with Crippen molar-refractivity contribution in [2.45, 2.75) is 32.5 Å². The van der Waals surface area contributed by atoms with Gasteiger partial charge in [0, 0.05) is 42.6 Å². The quantitative estimate of drug-likeness (QED) is 0.642. The number of rotatable bonds is 6. The van der Waals surface area contributed by atoms with Gasteiger partial charge in [-0.2, -0.15) is 0 Å². The Bertz CT molecular complexity index is 1020. The van der Waals surface area contributed by atoms with E-state index in [1.54, 1.807) is 23.5 Å². The predicted octanol–water partition coefficient (Wildman–Crippen LogP) is 4.23. The normalized spacial score (nSPS) is 16.4. The third-order valence-corrected chi connectivity index (χ3v) is 5.92. The van der Waals surface area contributed by atoms with E-state index in [-0.39, 0.29) is 11.7 Å². The van der Waals surface area contributed by atoms with Crippen molar-refractivity contribution < 1.29 is 13.9 Å². The summed E-state index contributed by atoms with van der Waals surface area (Å²) in [5.41, 5.74) is 2.44. The summed E-state index contributed by atoms with van der Waals surface area (Å²) in [4.78, 5) is 18.9. The minimum Gasteiger partial charge on any atom is -0.484 e. The van der Waals surface area contributed by atoms with Gasteiger partial charge in [0.25, 0.3) is 0 Å². The highest BCUT2D eigenvalue weighted by Gasteiger charge is 2.26. The number of ether oxygens (including phenoxy) is 1. The molecule has 1 aliphatic rings. The predicted molar refractivity (Wildman–Crippen MR) is 115 cm³/mol. The maximum Gasteiger partial charge on any atom is 0.221 e. The molecule has 3 aromatic rings. The summed E-state index contributed by atoms with van der Waals surface area (Å²) in [5.74, 6) is 0.455. The molecule has 0 saturated carbocycles. The molecule has 0 aliphatic carbocycles. The number of hydrogen-bond acceptors (Lipinski definition) is 5. The van der Waals surface area contributed by atoms with Crippen LogP contribution < -0.4 is 10.1 Å². The van der Waals surface area contributed by atoms with Crippen LogP contribution in [-0.4, -0.2) is 28.9 Å². The Hall–Kier alpha value is -2.77. The van der Waals surface area contributed by atoms with Crippen LogP contribution in [0, 0.1) is 12.7 Å². The van der Waals surface area contributed by atoms with Gasteiger partial charge in [0.2, 0.25) is 5.91 Å². The maximum atomic E-state index is 14.4. The van der Waals surface area contributed by atoms with E-state index in [0.29, 0.717) is 38.2 Å². The lowest BCUT2D eigenvalue weighted by Crippen LogP contribution is -2.33. The number of carbonyl (C=O) groups is 1. The molecule has 0 saturated heterocycles. The first-order valence-electron chi connectivity index (χ1n) is 9.97. The molecule has 156 valence electrons. The first-order chi connectivity index (χ1) is 14.6. The minimum atomic E-state index is -0.434. The number of aromatic nitrogens is 1. The zero-order chi connectivity index (χ0) is 20.9. The molecular weight excluding hydrogens is 401 g/mol. The van der Waals surface area contributed by atoms with Gasteiger partial charge in [-0.15, -0.1) is 11.3 Å². The summed E-state index contributed by atoms with van der Waals surface area (Å²) >= 11 is 1.57. The van der Waals surface area contributed by atoms with E-state index < -0.39 is 6.10 Å². The number of carbonyl (C=O) groups excluding carboxylic acids is 1. The van der Waals surface area contributed by atoms with Gasteiger partial charge < -0.3 is 10.1 Å². The molecule has 0 fully saturated rings. The van der Waals surface area contributed by atoms with Crippen LogP contribution in [0.15, 0.2) is 53.9 Å². The van der Waals surface area contributed by atoms with Gasteiger partial charge in [0.15, 0.2) is 0 Å².